The number of nitrogens with one attached hydrogen (secondary N) is 2. The number of carbonyl (C=O) groups is 2. The molecule has 0 unspecified atom stereocenters. The molecule has 190 valence electrons. The number of para-hydroxylation sites is 1. The Bertz CT molecular complexity index is 997. The Kier molecular flexibility index (Phi) is 8.44. The van der Waals surface area contributed by atoms with Gasteiger partial charge in [-0.2, -0.15) is 5.10 Å². The fourth-order valence-corrected chi connectivity index (χ4v) is 5.38. The minimum atomic E-state index is -0.116. The van der Waals surface area contributed by atoms with Crippen LogP contribution < -0.4 is 15.5 Å². The van der Waals surface area contributed by atoms with E-state index >= 15 is 0 Å². The molecule has 8 heteroatoms. The maximum absolute atomic E-state index is 12.8. The van der Waals surface area contributed by atoms with Gasteiger partial charge in [0.15, 0.2) is 5.82 Å². The van der Waals surface area contributed by atoms with Gasteiger partial charge in [0.2, 0.25) is 11.8 Å². The smallest absolute Gasteiger partial charge is 0.223 e. The van der Waals surface area contributed by atoms with Gasteiger partial charge in [-0.3, -0.25) is 9.59 Å². The standard InChI is InChI=1S/C27H40N6O2/c1-20-9-7-15-31(19-20)16-8-14-28-26(35)23-12-17-32(18-13-23)27-25(29-22(3)34)21(2)30-33(27)24-10-5-4-6-11-24/h4-6,10-11,20,23H,7-9,12-19H2,1-3H3,(H,28,35)(H,29,34)/t20-/m0/s1. The summed E-state index contributed by atoms with van der Waals surface area (Å²) in [6.45, 7) is 11.4. The fraction of sp³-hybridized carbons (Fsp3) is 0.593. The Hall–Kier alpha value is -2.87. The van der Waals surface area contributed by atoms with Gasteiger partial charge in [0.1, 0.15) is 5.69 Å². The third-order valence-electron chi connectivity index (χ3n) is 7.19. The van der Waals surface area contributed by atoms with Crippen molar-refractivity contribution in [2.75, 3.05) is 49.5 Å². The highest BCUT2D eigenvalue weighted by Crippen LogP contribution is 2.34. The lowest BCUT2D eigenvalue weighted by molar-refractivity contribution is -0.125. The fourth-order valence-electron chi connectivity index (χ4n) is 5.38. The maximum atomic E-state index is 12.8. The molecule has 4 rings (SSSR count). The number of nitrogens with zero attached hydrogens (tertiary/aromatic N) is 4. The van der Waals surface area contributed by atoms with E-state index in [0.717, 1.165) is 74.2 Å². The second-order valence-electron chi connectivity index (χ2n) is 10.2. The number of aryl methyl sites for hydroxylation is 1. The van der Waals surface area contributed by atoms with E-state index in [1.165, 1.54) is 32.9 Å². The number of amides is 2. The van der Waals surface area contributed by atoms with Crippen LogP contribution >= 0.6 is 0 Å². The molecule has 2 aliphatic rings. The van der Waals surface area contributed by atoms with Crippen molar-refractivity contribution >= 4 is 23.3 Å². The van der Waals surface area contributed by atoms with Crippen LogP contribution in [0.4, 0.5) is 11.5 Å². The minimum Gasteiger partial charge on any atom is -0.356 e. The molecule has 2 fully saturated rings. The van der Waals surface area contributed by atoms with Crippen molar-refractivity contribution < 1.29 is 9.59 Å². The van der Waals surface area contributed by atoms with Gasteiger partial charge in [-0.05, 0) is 70.2 Å². The first-order chi connectivity index (χ1) is 16.9. The van der Waals surface area contributed by atoms with Crippen LogP contribution in [-0.4, -0.2) is 65.8 Å². The number of benzene rings is 1. The summed E-state index contributed by atoms with van der Waals surface area (Å²) in [6.07, 6.45) is 5.21. The van der Waals surface area contributed by atoms with E-state index in [4.69, 9.17) is 5.10 Å². The molecule has 1 aromatic carbocycles. The van der Waals surface area contributed by atoms with Crippen LogP contribution in [0.1, 0.15) is 51.6 Å². The molecule has 1 atom stereocenters. The van der Waals surface area contributed by atoms with Crippen LogP contribution in [0, 0.1) is 18.8 Å². The molecule has 0 aliphatic carbocycles. The van der Waals surface area contributed by atoms with Crippen molar-refractivity contribution in [2.45, 2.75) is 52.9 Å². The number of anilines is 2. The van der Waals surface area contributed by atoms with Gasteiger partial charge in [0.25, 0.3) is 0 Å². The highest BCUT2D eigenvalue weighted by Gasteiger charge is 2.29. The van der Waals surface area contributed by atoms with Crippen LogP contribution in [0.15, 0.2) is 30.3 Å². The lowest BCUT2D eigenvalue weighted by Crippen LogP contribution is -2.42. The van der Waals surface area contributed by atoms with Gasteiger partial charge in [-0.25, -0.2) is 4.68 Å². The molecule has 8 nitrogen and oxygen atoms in total. The molecule has 35 heavy (non-hydrogen) atoms. The third kappa shape index (κ3) is 6.42. The molecule has 2 saturated heterocycles. The Labute approximate surface area is 209 Å². The lowest BCUT2D eigenvalue weighted by atomic mass is 9.95. The van der Waals surface area contributed by atoms with Gasteiger partial charge in [0.05, 0.1) is 11.4 Å². The first-order valence-corrected chi connectivity index (χ1v) is 13.1. The van der Waals surface area contributed by atoms with Gasteiger partial charge in [0, 0.05) is 39.0 Å². The van der Waals surface area contributed by atoms with Gasteiger partial charge in [-0.15, -0.1) is 0 Å². The maximum Gasteiger partial charge on any atom is 0.223 e. The summed E-state index contributed by atoms with van der Waals surface area (Å²) in [5, 5.41) is 10.9. The van der Waals surface area contributed by atoms with Gasteiger partial charge < -0.3 is 20.4 Å². The normalized spacial score (nSPS) is 19.5. The van der Waals surface area contributed by atoms with Crippen molar-refractivity contribution in [1.29, 1.82) is 0 Å². The van der Waals surface area contributed by atoms with Crippen LogP contribution in [-0.2, 0) is 9.59 Å². The number of hydrogen-bond acceptors (Lipinski definition) is 5. The topological polar surface area (TPSA) is 82.5 Å². The number of rotatable bonds is 8. The Morgan fingerprint density at radius 1 is 1.09 bits per heavy atom. The average Bonchev–Trinajstić information content (AvgIpc) is 3.17. The highest BCUT2D eigenvalue weighted by atomic mass is 16.2. The molecule has 2 amide bonds. The van der Waals surface area contributed by atoms with Crippen LogP contribution in [0.3, 0.4) is 0 Å². The second-order valence-corrected chi connectivity index (χ2v) is 10.2. The molecule has 2 aromatic rings. The predicted molar refractivity (Wildman–Crippen MR) is 140 cm³/mol. The number of carbonyl (C=O) groups excluding carboxylic acids is 2. The highest BCUT2D eigenvalue weighted by molar-refractivity contribution is 5.93. The van der Waals surface area contributed by atoms with E-state index in [9.17, 15) is 9.59 Å². The van der Waals surface area contributed by atoms with E-state index in [2.05, 4.69) is 27.4 Å². The van der Waals surface area contributed by atoms with E-state index in [1.807, 2.05) is 41.9 Å². The number of likely N-dealkylation sites (tertiary alicyclic amines) is 1. The van der Waals surface area contributed by atoms with Crippen molar-refractivity contribution in [2.24, 2.45) is 11.8 Å². The molecule has 3 heterocycles. The Morgan fingerprint density at radius 3 is 2.51 bits per heavy atom. The van der Waals surface area contributed by atoms with Crippen molar-refractivity contribution in [3.8, 4) is 5.69 Å². The quantitative estimate of drug-likeness (QED) is 0.564. The van der Waals surface area contributed by atoms with Crippen molar-refractivity contribution in [1.82, 2.24) is 20.0 Å². The average molecular weight is 481 g/mol. The minimum absolute atomic E-state index is 0.0275. The summed E-state index contributed by atoms with van der Waals surface area (Å²) in [5.41, 5.74) is 2.48. The van der Waals surface area contributed by atoms with Crippen LogP contribution in [0.5, 0.6) is 0 Å². The zero-order chi connectivity index (χ0) is 24.8. The zero-order valence-corrected chi connectivity index (χ0v) is 21.4. The Morgan fingerprint density at radius 2 is 1.83 bits per heavy atom. The van der Waals surface area contributed by atoms with E-state index in [-0.39, 0.29) is 17.7 Å². The van der Waals surface area contributed by atoms with Crippen molar-refractivity contribution in [3.05, 3.63) is 36.0 Å². The summed E-state index contributed by atoms with van der Waals surface area (Å²) in [6, 6.07) is 9.97. The molecule has 0 bridgehead atoms. The molecule has 0 spiro atoms. The number of aromatic nitrogens is 2. The lowest BCUT2D eigenvalue weighted by Gasteiger charge is -2.34. The molecule has 2 N–H and O–H groups in total. The summed E-state index contributed by atoms with van der Waals surface area (Å²) in [4.78, 5) is 29.5. The molecule has 2 aliphatic heterocycles. The van der Waals surface area contributed by atoms with Gasteiger partial charge >= 0.3 is 0 Å². The molecule has 0 saturated carbocycles. The van der Waals surface area contributed by atoms with Crippen LogP contribution in [0.2, 0.25) is 0 Å². The first kappa shape index (κ1) is 25.2. The summed E-state index contributed by atoms with van der Waals surface area (Å²) in [7, 11) is 0. The van der Waals surface area contributed by atoms with E-state index in [1.54, 1.807) is 0 Å². The predicted octanol–water partition coefficient (Wildman–Crippen LogP) is 3.59. The summed E-state index contributed by atoms with van der Waals surface area (Å²) in [5.74, 6) is 1.76. The third-order valence-corrected chi connectivity index (χ3v) is 7.19. The van der Waals surface area contributed by atoms with E-state index < -0.39 is 0 Å². The molecule has 0 radical (unpaired) electrons. The monoisotopic (exact) mass is 480 g/mol. The first-order valence-electron chi connectivity index (χ1n) is 13.1. The Balaban J connectivity index is 1.34. The van der Waals surface area contributed by atoms with Crippen LogP contribution in [0.25, 0.3) is 5.69 Å². The van der Waals surface area contributed by atoms with Crippen molar-refractivity contribution in [3.63, 3.8) is 0 Å². The van der Waals surface area contributed by atoms with Gasteiger partial charge in [-0.1, -0.05) is 25.1 Å². The summed E-state index contributed by atoms with van der Waals surface area (Å²) < 4.78 is 1.91. The number of piperidine rings is 2. The molecule has 1 aromatic heterocycles. The zero-order valence-electron chi connectivity index (χ0n) is 21.4. The SMILES string of the molecule is CC(=O)Nc1c(C)nn(-c2ccccc2)c1N1CCC(C(=O)NCCCN2CCC[C@H](C)C2)CC1. The second kappa shape index (κ2) is 11.7. The summed E-state index contributed by atoms with van der Waals surface area (Å²) >= 11 is 0. The largest absolute Gasteiger partial charge is 0.356 e. The number of hydrogen-bond donors (Lipinski definition) is 2. The molecular formula is C27H40N6O2. The molecular weight excluding hydrogens is 440 g/mol. The van der Waals surface area contributed by atoms with E-state index in [0.29, 0.717) is 0 Å².